The summed E-state index contributed by atoms with van der Waals surface area (Å²) in [4.78, 5) is 23.1. The Labute approximate surface area is 194 Å². The van der Waals surface area contributed by atoms with Crippen molar-refractivity contribution in [2.24, 2.45) is 0 Å². The lowest BCUT2D eigenvalue weighted by Crippen LogP contribution is -2.40. The molecule has 0 spiro atoms. The third-order valence-electron chi connectivity index (χ3n) is 5.15. The van der Waals surface area contributed by atoms with Crippen LogP contribution in [0.15, 0.2) is 30.5 Å². The van der Waals surface area contributed by atoms with E-state index in [9.17, 15) is 4.79 Å². The molecule has 3 N–H and O–H groups in total. The van der Waals surface area contributed by atoms with Crippen molar-refractivity contribution in [3.8, 4) is 17.9 Å². The van der Waals surface area contributed by atoms with Crippen molar-refractivity contribution in [3.05, 3.63) is 41.6 Å². The molecule has 0 unspecified atom stereocenters. The quantitative estimate of drug-likeness (QED) is 0.414. The number of aromatic nitrogens is 2. The van der Waals surface area contributed by atoms with E-state index in [1.54, 1.807) is 25.4 Å². The van der Waals surface area contributed by atoms with Gasteiger partial charge in [-0.1, -0.05) is 17.9 Å². The number of carbonyl (C=O) groups is 1. The van der Waals surface area contributed by atoms with Crippen LogP contribution in [0.4, 0.5) is 17.5 Å². The van der Waals surface area contributed by atoms with Gasteiger partial charge in [-0.2, -0.15) is 10.2 Å². The van der Waals surface area contributed by atoms with Crippen LogP contribution in [0.5, 0.6) is 0 Å². The smallest absolute Gasteiger partial charge is 0.236 e. The molecule has 9 nitrogen and oxygen atoms in total. The van der Waals surface area contributed by atoms with Gasteiger partial charge in [0.05, 0.1) is 42.6 Å². The lowest BCUT2D eigenvalue weighted by atomic mass is 10.2. The van der Waals surface area contributed by atoms with Crippen LogP contribution in [-0.4, -0.2) is 61.8 Å². The fourth-order valence-electron chi connectivity index (χ4n) is 3.16. The highest BCUT2D eigenvalue weighted by molar-refractivity contribution is 5.81. The average Bonchev–Trinajstić information content (AvgIpc) is 2.86. The highest BCUT2D eigenvalue weighted by Gasteiger charge is 2.17. The highest BCUT2D eigenvalue weighted by Crippen LogP contribution is 2.22. The van der Waals surface area contributed by atoms with Gasteiger partial charge in [-0.25, -0.2) is 4.98 Å². The van der Waals surface area contributed by atoms with Gasteiger partial charge >= 0.3 is 0 Å². The van der Waals surface area contributed by atoms with Crippen molar-refractivity contribution >= 4 is 23.4 Å². The Hall–Kier alpha value is -3.66. The Morgan fingerprint density at radius 2 is 2.15 bits per heavy atom. The number of anilines is 3. The molecule has 172 valence electrons. The molecule has 1 aromatic carbocycles. The first-order valence-electron chi connectivity index (χ1n) is 11.0. The Morgan fingerprint density at radius 1 is 1.33 bits per heavy atom. The monoisotopic (exact) mass is 447 g/mol. The molecule has 9 heteroatoms. The van der Waals surface area contributed by atoms with Crippen LogP contribution >= 0.6 is 0 Å². The third kappa shape index (κ3) is 7.18. The molecule has 0 bridgehead atoms. The number of hydrogen-bond donors (Lipinski definition) is 3. The number of nitrogens with one attached hydrogen (secondary N) is 3. The van der Waals surface area contributed by atoms with Gasteiger partial charge in [0.25, 0.3) is 0 Å². The second-order valence-electron chi connectivity index (χ2n) is 7.55. The van der Waals surface area contributed by atoms with Crippen molar-refractivity contribution in [2.75, 3.05) is 50.1 Å². The van der Waals surface area contributed by atoms with Crippen molar-refractivity contribution in [1.29, 1.82) is 5.26 Å². The Kier molecular flexibility index (Phi) is 9.01. The Morgan fingerprint density at radius 3 is 2.91 bits per heavy atom. The zero-order valence-electron chi connectivity index (χ0n) is 19.0. The molecule has 1 aromatic heterocycles. The zero-order chi connectivity index (χ0) is 23.5. The number of amides is 1. The molecule has 1 aliphatic heterocycles. The number of morpholine rings is 1. The zero-order valence-corrected chi connectivity index (χ0v) is 19.0. The molecule has 0 radical (unpaired) electrons. The van der Waals surface area contributed by atoms with Crippen LogP contribution < -0.4 is 20.9 Å². The first-order chi connectivity index (χ1) is 16.1. The molecule has 1 amide bonds. The van der Waals surface area contributed by atoms with E-state index in [2.05, 4.69) is 43.7 Å². The number of likely N-dealkylation sites (N-methyl/N-ethyl adjacent to an activating group) is 1. The van der Waals surface area contributed by atoms with Crippen LogP contribution in [0, 0.1) is 23.2 Å². The molecule has 0 aliphatic carbocycles. The maximum absolute atomic E-state index is 11.8. The molecule has 1 fully saturated rings. The molecule has 1 atom stereocenters. The van der Waals surface area contributed by atoms with Crippen molar-refractivity contribution < 1.29 is 9.53 Å². The summed E-state index contributed by atoms with van der Waals surface area (Å²) in [7, 11) is 1.76. The summed E-state index contributed by atoms with van der Waals surface area (Å²) in [5.41, 5.74) is 2.06. The number of rotatable bonds is 8. The molecular weight excluding hydrogens is 418 g/mol. The summed E-state index contributed by atoms with van der Waals surface area (Å²) in [6.07, 6.45) is 3.13. The SMILES string of the molecule is CN[C@@H](C)C(=O)NCCCC#Cc1cnc(Nc2cccc(C#N)c2)nc1N1CCOCC1. The summed E-state index contributed by atoms with van der Waals surface area (Å²) < 4.78 is 5.48. The minimum atomic E-state index is -0.209. The second kappa shape index (κ2) is 12.4. The van der Waals surface area contributed by atoms with Gasteiger partial charge in [-0.05, 0) is 38.6 Å². The summed E-state index contributed by atoms with van der Waals surface area (Å²) in [5, 5.41) is 18.1. The van der Waals surface area contributed by atoms with Crippen molar-refractivity contribution in [1.82, 2.24) is 20.6 Å². The van der Waals surface area contributed by atoms with E-state index in [-0.39, 0.29) is 11.9 Å². The molecule has 1 aliphatic rings. The fraction of sp³-hybridized carbons (Fsp3) is 0.417. The number of benzene rings is 1. The van der Waals surface area contributed by atoms with Gasteiger partial charge < -0.3 is 25.6 Å². The third-order valence-corrected chi connectivity index (χ3v) is 5.15. The van der Waals surface area contributed by atoms with Crippen LogP contribution in [0.25, 0.3) is 0 Å². The topological polar surface area (TPSA) is 115 Å². The number of nitriles is 1. The van der Waals surface area contributed by atoms with Gasteiger partial charge in [-0.3, -0.25) is 4.79 Å². The molecular formula is C24H29N7O2. The molecule has 2 aromatic rings. The average molecular weight is 448 g/mol. The highest BCUT2D eigenvalue weighted by atomic mass is 16.5. The maximum atomic E-state index is 11.8. The van der Waals surface area contributed by atoms with E-state index in [1.165, 1.54) is 0 Å². The molecule has 2 heterocycles. The minimum Gasteiger partial charge on any atom is -0.378 e. The maximum Gasteiger partial charge on any atom is 0.236 e. The number of carbonyl (C=O) groups excluding carboxylic acids is 1. The Bertz CT molecular complexity index is 1050. The summed E-state index contributed by atoms with van der Waals surface area (Å²) in [6, 6.07) is 9.09. The van der Waals surface area contributed by atoms with E-state index >= 15 is 0 Å². The lowest BCUT2D eigenvalue weighted by molar-refractivity contribution is -0.122. The van der Waals surface area contributed by atoms with E-state index in [0.29, 0.717) is 37.7 Å². The first-order valence-corrected chi connectivity index (χ1v) is 11.0. The summed E-state index contributed by atoms with van der Waals surface area (Å²) >= 11 is 0. The lowest BCUT2D eigenvalue weighted by Gasteiger charge is -2.28. The number of ether oxygens (including phenoxy) is 1. The number of unbranched alkanes of at least 4 members (excludes halogenated alkanes) is 1. The number of nitrogens with zero attached hydrogens (tertiary/aromatic N) is 4. The Balaban J connectivity index is 1.68. The van der Waals surface area contributed by atoms with Crippen LogP contribution in [-0.2, 0) is 9.53 Å². The van der Waals surface area contributed by atoms with Gasteiger partial charge in [0, 0.05) is 31.7 Å². The summed E-state index contributed by atoms with van der Waals surface area (Å²) in [6.45, 7) is 5.12. The second-order valence-corrected chi connectivity index (χ2v) is 7.55. The molecule has 0 saturated carbocycles. The van der Waals surface area contributed by atoms with E-state index in [4.69, 9.17) is 15.0 Å². The predicted molar refractivity (Wildman–Crippen MR) is 127 cm³/mol. The van der Waals surface area contributed by atoms with Gasteiger partial charge in [-0.15, -0.1) is 0 Å². The minimum absolute atomic E-state index is 0.0168. The summed E-state index contributed by atoms with van der Waals surface area (Å²) in [5.74, 6) is 7.55. The van der Waals surface area contributed by atoms with Crippen LogP contribution in [0.2, 0.25) is 0 Å². The molecule has 33 heavy (non-hydrogen) atoms. The number of hydrogen-bond acceptors (Lipinski definition) is 8. The van der Waals surface area contributed by atoms with Gasteiger partial charge in [0.2, 0.25) is 11.9 Å². The largest absolute Gasteiger partial charge is 0.378 e. The van der Waals surface area contributed by atoms with Crippen molar-refractivity contribution in [3.63, 3.8) is 0 Å². The first kappa shape index (κ1) is 24.0. The van der Waals surface area contributed by atoms with E-state index in [1.807, 2.05) is 19.1 Å². The van der Waals surface area contributed by atoms with E-state index in [0.717, 1.165) is 36.6 Å². The fourth-order valence-corrected chi connectivity index (χ4v) is 3.16. The molecule has 1 saturated heterocycles. The van der Waals surface area contributed by atoms with Gasteiger partial charge in [0.1, 0.15) is 5.82 Å². The molecule has 3 rings (SSSR count). The van der Waals surface area contributed by atoms with Crippen molar-refractivity contribution in [2.45, 2.75) is 25.8 Å². The standard InChI is InChI=1S/C24H29N7O2/c1-18(26-2)23(32)27-10-5-3-4-8-20-17-28-24(29-21-9-6-7-19(15-21)16-25)30-22(20)31-11-13-33-14-12-31/h6-7,9,15,17-18,26H,3,5,10-14H2,1-2H3,(H,27,32)(H,28,29,30)/t18-/m0/s1. The van der Waals surface area contributed by atoms with E-state index < -0.39 is 0 Å². The van der Waals surface area contributed by atoms with Crippen LogP contribution in [0.1, 0.15) is 30.9 Å². The van der Waals surface area contributed by atoms with Crippen LogP contribution in [0.3, 0.4) is 0 Å². The van der Waals surface area contributed by atoms with Gasteiger partial charge in [0.15, 0.2) is 0 Å². The normalized spacial score (nSPS) is 13.9. The predicted octanol–water partition coefficient (Wildman–Crippen LogP) is 1.78.